The highest BCUT2D eigenvalue weighted by atomic mass is 35.5. The first kappa shape index (κ1) is 22.4. The minimum atomic E-state index is -3.62. The highest BCUT2D eigenvalue weighted by Gasteiger charge is 2.28. The molecule has 0 spiro atoms. The van der Waals surface area contributed by atoms with Gasteiger partial charge in [0.25, 0.3) is 5.91 Å². The lowest BCUT2D eigenvalue weighted by molar-refractivity contribution is -0.122. The number of carbonyl (C=O) groups is 1. The van der Waals surface area contributed by atoms with E-state index in [0.29, 0.717) is 36.0 Å². The van der Waals surface area contributed by atoms with Crippen LogP contribution in [0.15, 0.2) is 47.4 Å². The van der Waals surface area contributed by atoms with Crippen molar-refractivity contribution in [3.05, 3.63) is 47.5 Å². The summed E-state index contributed by atoms with van der Waals surface area (Å²) in [5.41, 5.74) is 0.268. The van der Waals surface area contributed by atoms with Crippen molar-refractivity contribution < 1.29 is 22.7 Å². The number of hydrogen-bond donors (Lipinski definition) is 1. The molecular formula is C21H25ClN2O5S. The van der Waals surface area contributed by atoms with Crippen LogP contribution >= 0.6 is 11.6 Å². The Morgan fingerprint density at radius 1 is 1.17 bits per heavy atom. The summed E-state index contributed by atoms with van der Waals surface area (Å²) in [6, 6.07) is 11.3. The Morgan fingerprint density at radius 2 is 1.87 bits per heavy atom. The number of methoxy groups -OCH3 is 1. The van der Waals surface area contributed by atoms with E-state index >= 15 is 0 Å². The molecule has 1 atom stereocenters. The van der Waals surface area contributed by atoms with Gasteiger partial charge in [0, 0.05) is 13.1 Å². The fourth-order valence-electron chi connectivity index (χ4n) is 3.25. The predicted octanol–water partition coefficient (Wildman–Crippen LogP) is 3.93. The number of rotatable bonds is 8. The topological polar surface area (TPSA) is 84.9 Å². The van der Waals surface area contributed by atoms with E-state index in [1.165, 1.54) is 29.6 Å². The molecule has 9 heteroatoms. The molecule has 2 aromatic rings. The largest absolute Gasteiger partial charge is 0.495 e. The summed E-state index contributed by atoms with van der Waals surface area (Å²) in [4.78, 5) is 13.0. The summed E-state index contributed by atoms with van der Waals surface area (Å²) in [5, 5.41) is 3.14. The zero-order valence-electron chi connectivity index (χ0n) is 16.9. The Hall–Kier alpha value is -2.29. The minimum Gasteiger partial charge on any atom is -0.495 e. The summed E-state index contributed by atoms with van der Waals surface area (Å²) in [6.45, 7) is 2.81. The lowest BCUT2D eigenvalue weighted by Crippen LogP contribution is -2.33. The first-order valence-electron chi connectivity index (χ1n) is 9.77. The van der Waals surface area contributed by atoms with Gasteiger partial charge in [-0.15, -0.1) is 0 Å². The third kappa shape index (κ3) is 4.88. The van der Waals surface area contributed by atoms with E-state index in [-0.39, 0.29) is 10.6 Å². The molecule has 1 saturated heterocycles. The van der Waals surface area contributed by atoms with E-state index in [1.807, 2.05) is 6.92 Å². The van der Waals surface area contributed by atoms with Crippen molar-refractivity contribution in [3.63, 3.8) is 0 Å². The maximum atomic E-state index is 12.9. The van der Waals surface area contributed by atoms with E-state index in [1.54, 1.807) is 24.3 Å². The summed E-state index contributed by atoms with van der Waals surface area (Å²) in [5.74, 6) is 0.334. The van der Waals surface area contributed by atoms with Crippen LogP contribution in [0.3, 0.4) is 0 Å². The SMILES string of the molecule is CC[C@H](Oc1ccccc1Cl)C(=O)Nc1cc(S(=O)(=O)N2CCCC2)ccc1OC. The van der Waals surface area contributed by atoms with Crippen molar-refractivity contribution in [2.45, 2.75) is 37.2 Å². The number of para-hydroxylation sites is 1. The van der Waals surface area contributed by atoms with Crippen molar-refractivity contribution in [3.8, 4) is 11.5 Å². The summed E-state index contributed by atoms with van der Waals surface area (Å²) in [7, 11) is -2.17. The fourth-order valence-corrected chi connectivity index (χ4v) is 4.98. The number of nitrogens with one attached hydrogen (secondary N) is 1. The third-order valence-electron chi connectivity index (χ3n) is 4.90. The van der Waals surface area contributed by atoms with Crippen molar-refractivity contribution in [1.29, 1.82) is 0 Å². The van der Waals surface area contributed by atoms with Gasteiger partial charge in [0.1, 0.15) is 11.5 Å². The van der Waals surface area contributed by atoms with Crippen molar-refractivity contribution in [2.24, 2.45) is 0 Å². The Bertz CT molecular complexity index is 1010. The highest BCUT2D eigenvalue weighted by Crippen LogP contribution is 2.31. The molecule has 0 radical (unpaired) electrons. The molecule has 1 heterocycles. The normalized spacial score (nSPS) is 15.6. The first-order chi connectivity index (χ1) is 14.4. The van der Waals surface area contributed by atoms with Crippen LogP contribution in [0.1, 0.15) is 26.2 Å². The molecule has 1 fully saturated rings. The van der Waals surface area contributed by atoms with Crippen molar-refractivity contribution in [2.75, 3.05) is 25.5 Å². The second-order valence-corrected chi connectivity index (χ2v) is 9.25. The van der Waals surface area contributed by atoms with E-state index in [9.17, 15) is 13.2 Å². The van der Waals surface area contributed by atoms with E-state index < -0.39 is 22.0 Å². The van der Waals surface area contributed by atoms with Crippen LogP contribution < -0.4 is 14.8 Å². The first-order valence-corrected chi connectivity index (χ1v) is 11.6. The lowest BCUT2D eigenvalue weighted by atomic mass is 10.2. The number of benzene rings is 2. The monoisotopic (exact) mass is 452 g/mol. The summed E-state index contributed by atoms with van der Waals surface area (Å²) >= 11 is 6.12. The number of amides is 1. The Kier molecular flexibility index (Phi) is 7.23. The molecule has 1 N–H and O–H groups in total. The zero-order chi connectivity index (χ0) is 21.7. The maximum Gasteiger partial charge on any atom is 0.265 e. The zero-order valence-corrected chi connectivity index (χ0v) is 18.5. The van der Waals surface area contributed by atoms with Gasteiger partial charge in [0.15, 0.2) is 6.10 Å². The number of ether oxygens (including phenoxy) is 2. The van der Waals surface area contributed by atoms with Gasteiger partial charge >= 0.3 is 0 Å². The average molecular weight is 453 g/mol. The quantitative estimate of drug-likeness (QED) is 0.656. The Labute approximate surface area is 182 Å². The molecule has 0 unspecified atom stereocenters. The molecule has 1 aliphatic heterocycles. The van der Waals surface area contributed by atoms with Crippen LogP contribution in [-0.4, -0.2) is 44.9 Å². The number of halogens is 1. The molecule has 1 amide bonds. The fraction of sp³-hybridized carbons (Fsp3) is 0.381. The average Bonchev–Trinajstić information content (AvgIpc) is 3.29. The second-order valence-electron chi connectivity index (χ2n) is 6.91. The lowest BCUT2D eigenvalue weighted by Gasteiger charge is -2.20. The molecule has 0 aliphatic carbocycles. The minimum absolute atomic E-state index is 0.112. The summed E-state index contributed by atoms with van der Waals surface area (Å²) < 4.78 is 38.3. The van der Waals surface area contributed by atoms with Gasteiger partial charge in [-0.3, -0.25) is 4.79 Å². The second kappa shape index (κ2) is 9.68. The van der Waals surface area contributed by atoms with Gasteiger partial charge in [0.05, 0.1) is 22.7 Å². The van der Waals surface area contributed by atoms with Crippen LogP contribution in [0, 0.1) is 0 Å². The van der Waals surface area contributed by atoms with Gasteiger partial charge in [-0.2, -0.15) is 4.31 Å². The Balaban J connectivity index is 1.83. The van der Waals surface area contributed by atoms with Gasteiger partial charge in [-0.05, 0) is 49.6 Å². The summed E-state index contributed by atoms with van der Waals surface area (Å²) in [6.07, 6.45) is 1.27. The van der Waals surface area contributed by atoms with E-state index in [4.69, 9.17) is 21.1 Å². The van der Waals surface area contributed by atoms with E-state index in [2.05, 4.69) is 5.32 Å². The van der Waals surface area contributed by atoms with E-state index in [0.717, 1.165) is 12.8 Å². The number of anilines is 1. The van der Waals surface area contributed by atoms with Gasteiger partial charge in [0.2, 0.25) is 10.0 Å². The van der Waals surface area contributed by atoms with Crippen LogP contribution in [0.25, 0.3) is 0 Å². The number of hydrogen-bond acceptors (Lipinski definition) is 5. The maximum absolute atomic E-state index is 12.9. The van der Waals surface area contributed by atoms with Gasteiger partial charge in [-0.25, -0.2) is 8.42 Å². The molecule has 3 rings (SSSR count). The Morgan fingerprint density at radius 3 is 2.50 bits per heavy atom. The standard InChI is InChI=1S/C21H25ClN2O5S/c1-3-18(29-19-9-5-4-8-16(19)22)21(25)23-17-14-15(10-11-20(17)28-2)30(26,27)24-12-6-7-13-24/h4-5,8-11,14,18H,3,6-7,12-13H2,1-2H3,(H,23,25)/t18-/m0/s1. The number of carbonyl (C=O) groups excluding carboxylic acids is 1. The molecule has 162 valence electrons. The molecule has 0 saturated carbocycles. The van der Waals surface area contributed by atoms with Crippen LogP contribution in [-0.2, 0) is 14.8 Å². The molecule has 7 nitrogen and oxygen atoms in total. The van der Waals surface area contributed by atoms with Crippen molar-refractivity contribution >= 4 is 33.2 Å². The molecular weight excluding hydrogens is 428 g/mol. The van der Waals surface area contributed by atoms with Crippen molar-refractivity contribution in [1.82, 2.24) is 4.31 Å². The van der Waals surface area contributed by atoms with Gasteiger partial charge in [-0.1, -0.05) is 30.7 Å². The van der Waals surface area contributed by atoms with Crippen LogP contribution in [0.5, 0.6) is 11.5 Å². The molecule has 1 aliphatic rings. The van der Waals surface area contributed by atoms with Crippen LogP contribution in [0.4, 0.5) is 5.69 Å². The molecule has 0 bridgehead atoms. The van der Waals surface area contributed by atoms with Gasteiger partial charge < -0.3 is 14.8 Å². The van der Waals surface area contributed by atoms with Crippen LogP contribution in [0.2, 0.25) is 5.02 Å². The third-order valence-corrected chi connectivity index (χ3v) is 7.11. The molecule has 30 heavy (non-hydrogen) atoms. The molecule has 2 aromatic carbocycles. The number of nitrogens with zero attached hydrogens (tertiary/aromatic N) is 1. The predicted molar refractivity (Wildman–Crippen MR) is 116 cm³/mol. The smallest absolute Gasteiger partial charge is 0.265 e. The number of sulfonamides is 1. The molecule has 0 aromatic heterocycles. The highest BCUT2D eigenvalue weighted by molar-refractivity contribution is 7.89.